The van der Waals surface area contributed by atoms with Crippen LogP contribution in [0.5, 0.6) is 0 Å². The van der Waals surface area contributed by atoms with Crippen molar-refractivity contribution >= 4 is 0 Å². The summed E-state index contributed by atoms with van der Waals surface area (Å²) in [6.45, 7) is 4.40. The third-order valence-electron chi connectivity index (χ3n) is 2.25. The molecule has 0 amide bonds. The van der Waals surface area contributed by atoms with Gasteiger partial charge < -0.3 is 26.4 Å². The number of nitrogens with two attached hydrogens (primary N) is 2. The van der Waals surface area contributed by atoms with Crippen molar-refractivity contribution in [3.63, 3.8) is 0 Å². The van der Waals surface area contributed by atoms with Gasteiger partial charge in [0.15, 0.2) is 0 Å². The van der Waals surface area contributed by atoms with Gasteiger partial charge >= 0.3 is 0 Å². The van der Waals surface area contributed by atoms with Gasteiger partial charge in [-0.2, -0.15) is 0 Å². The van der Waals surface area contributed by atoms with Crippen LogP contribution >= 0.6 is 0 Å². The van der Waals surface area contributed by atoms with E-state index in [1.807, 2.05) is 0 Å². The summed E-state index contributed by atoms with van der Waals surface area (Å²) in [5.74, 6) is 0. The number of hydrogen-bond acceptors (Lipinski definition) is 4. The normalized spacial score (nSPS) is 14.4. The molecule has 0 aromatic carbocycles. The molecule has 0 bridgehead atoms. The molecule has 5 nitrogen and oxygen atoms in total. The van der Waals surface area contributed by atoms with E-state index in [0.29, 0.717) is 13.0 Å². The molecule has 1 unspecified atom stereocenters. The minimum atomic E-state index is -0.690. The quantitative estimate of drug-likeness (QED) is 0.216. The van der Waals surface area contributed by atoms with Gasteiger partial charge in [0.25, 0.3) is 0 Å². The summed E-state index contributed by atoms with van der Waals surface area (Å²) < 4.78 is 0.867. The number of nitrogens with one attached hydrogen (secondary N) is 1. The van der Waals surface area contributed by atoms with Crippen LogP contribution in [0.3, 0.4) is 0 Å². The molecule has 5 heteroatoms. The first kappa shape index (κ1) is 13.8. The number of likely N-dealkylation sites (N-methyl/N-ethyl adjacent to an activating group) is 1. The lowest BCUT2D eigenvalue weighted by Gasteiger charge is -2.30. The predicted octanol–water partition coefficient (Wildman–Crippen LogP) is -1.72. The maximum atomic E-state index is 8.96. The average molecular weight is 205 g/mol. The van der Waals surface area contributed by atoms with Gasteiger partial charge in [0, 0.05) is 26.1 Å². The number of aliphatic hydroxyl groups excluding tert-OH is 1. The first-order valence-corrected chi connectivity index (χ1v) is 5.14. The molecule has 0 radical (unpaired) electrons. The Morgan fingerprint density at radius 3 is 2.43 bits per heavy atom. The van der Waals surface area contributed by atoms with Crippen LogP contribution in [0.4, 0.5) is 0 Å². The van der Waals surface area contributed by atoms with Crippen LogP contribution in [0.1, 0.15) is 6.42 Å². The van der Waals surface area contributed by atoms with Gasteiger partial charge in [-0.1, -0.05) is 0 Å². The second-order valence-corrected chi connectivity index (χ2v) is 4.28. The van der Waals surface area contributed by atoms with Crippen molar-refractivity contribution in [3.05, 3.63) is 0 Å². The van der Waals surface area contributed by atoms with Gasteiger partial charge in [-0.3, -0.25) is 0 Å². The summed E-state index contributed by atoms with van der Waals surface area (Å²) in [5.41, 5.74) is 10.6. The van der Waals surface area contributed by atoms with Crippen LogP contribution in [0.25, 0.3) is 0 Å². The van der Waals surface area contributed by atoms with Crippen molar-refractivity contribution in [1.82, 2.24) is 5.32 Å². The fourth-order valence-electron chi connectivity index (χ4n) is 1.20. The largest absolute Gasteiger partial charge is 0.379 e. The van der Waals surface area contributed by atoms with Gasteiger partial charge in [-0.05, 0) is 0 Å². The zero-order valence-electron chi connectivity index (χ0n) is 9.37. The summed E-state index contributed by atoms with van der Waals surface area (Å²) in [5, 5.41) is 12.2. The van der Waals surface area contributed by atoms with E-state index >= 15 is 0 Å². The highest BCUT2D eigenvalue weighted by Gasteiger charge is 2.14. The Morgan fingerprint density at radius 2 is 1.93 bits per heavy atom. The van der Waals surface area contributed by atoms with Crippen molar-refractivity contribution in [3.8, 4) is 0 Å². The molecule has 0 spiro atoms. The summed E-state index contributed by atoms with van der Waals surface area (Å²) >= 11 is 0. The van der Waals surface area contributed by atoms with Crippen LogP contribution in [0.2, 0.25) is 0 Å². The first-order chi connectivity index (χ1) is 6.48. The molecule has 0 aromatic heterocycles. The molecule has 0 fully saturated rings. The highest BCUT2D eigenvalue weighted by molar-refractivity contribution is 4.48. The van der Waals surface area contributed by atoms with Gasteiger partial charge in [0.05, 0.1) is 27.2 Å². The van der Waals surface area contributed by atoms with E-state index in [1.165, 1.54) is 0 Å². The standard InChI is InChI=1S/C9H25N4O/c1-13(2,7-3-9(11)14)8-6-12-5-4-10/h9,12,14H,3-8,10-11H2,1-2H3/q+1. The molecule has 14 heavy (non-hydrogen) atoms. The van der Waals surface area contributed by atoms with E-state index in [0.717, 1.165) is 30.7 Å². The molecular formula is C9H25N4O+. The molecule has 0 aliphatic rings. The van der Waals surface area contributed by atoms with Crippen LogP contribution in [0, 0.1) is 0 Å². The fourth-order valence-corrected chi connectivity index (χ4v) is 1.20. The number of nitrogens with zero attached hydrogens (tertiary/aromatic N) is 1. The lowest BCUT2D eigenvalue weighted by molar-refractivity contribution is -0.889. The lowest BCUT2D eigenvalue weighted by Crippen LogP contribution is -2.47. The Bertz CT molecular complexity index is 139. The Morgan fingerprint density at radius 1 is 1.29 bits per heavy atom. The van der Waals surface area contributed by atoms with Gasteiger partial charge in [-0.25, -0.2) is 0 Å². The average Bonchev–Trinajstić information content (AvgIpc) is 2.10. The Kier molecular flexibility index (Phi) is 7.04. The molecule has 6 N–H and O–H groups in total. The molecule has 0 saturated heterocycles. The fraction of sp³-hybridized carbons (Fsp3) is 1.00. The smallest absolute Gasteiger partial charge is 0.107 e. The van der Waals surface area contributed by atoms with E-state index in [4.69, 9.17) is 16.6 Å². The summed E-state index contributed by atoms with van der Waals surface area (Å²) in [7, 11) is 4.26. The molecule has 0 heterocycles. The molecular weight excluding hydrogens is 180 g/mol. The van der Waals surface area contributed by atoms with E-state index in [-0.39, 0.29) is 0 Å². The molecule has 1 atom stereocenters. The van der Waals surface area contributed by atoms with Crippen molar-refractivity contribution < 1.29 is 9.59 Å². The van der Waals surface area contributed by atoms with Crippen molar-refractivity contribution in [2.24, 2.45) is 11.5 Å². The molecule has 0 saturated carbocycles. The minimum Gasteiger partial charge on any atom is -0.379 e. The molecule has 86 valence electrons. The maximum Gasteiger partial charge on any atom is 0.107 e. The highest BCUT2D eigenvalue weighted by atomic mass is 16.3. The van der Waals surface area contributed by atoms with Crippen molar-refractivity contribution in [2.75, 3.05) is 46.8 Å². The summed E-state index contributed by atoms with van der Waals surface area (Å²) in [6.07, 6.45) is -0.0476. The van der Waals surface area contributed by atoms with Gasteiger partial charge in [-0.15, -0.1) is 0 Å². The van der Waals surface area contributed by atoms with E-state index in [1.54, 1.807) is 0 Å². The zero-order valence-corrected chi connectivity index (χ0v) is 9.37. The van der Waals surface area contributed by atoms with Crippen LogP contribution < -0.4 is 16.8 Å². The Hall–Kier alpha value is -0.200. The lowest BCUT2D eigenvalue weighted by atomic mass is 10.3. The Labute approximate surface area is 86.7 Å². The first-order valence-electron chi connectivity index (χ1n) is 5.14. The number of rotatable bonds is 8. The molecule has 0 aliphatic heterocycles. The Balaban J connectivity index is 3.50. The summed E-state index contributed by atoms with van der Waals surface area (Å²) in [4.78, 5) is 0. The van der Waals surface area contributed by atoms with Crippen molar-refractivity contribution in [1.29, 1.82) is 0 Å². The predicted molar refractivity (Wildman–Crippen MR) is 58.6 cm³/mol. The third kappa shape index (κ3) is 8.40. The molecule has 0 rings (SSSR count). The number of quaternary nitrogens is 1. The SMILES string of the molecule is C[N+](C)(CCNCCN)CCC(N)O. The second kappa shape index (κ2) is 7.14. The van der Waals surface area contributed by atoms with Crippen LogP contribution in [0.15, 0.2) is 0 Å². The van der Waals surface area contributed by atoms with Crippen LogP contribution in [-0.2, 0) is 0 Å². The number of hydrogen-bond donors (Lipinski definition) is 4. The highest BCUT2D eigenvalue weighted by Crippen LogP contribution is 1.98. The van der Waals surface area contributed by atoms with E-state index in [9.17, 15) is 0 Å². The zero-order chi connectivity index (χ0) is 11.0. The maximum absolute atomic E-state index is 8.96. The second-order valence-electron chi connectivity index (χ2n) is 4.28. The molecule has 0 aromatic rings. The topological polar surface area (TPSA) is 84.3 Å². The van der Waals surface area contributed by atoms with Gasteiger partial charge in [0.2, 0.25) is 0 Å². The van der Waals surface area contributed by atoms with E-state index < -0.39 is 6.23 Å². The monoisotopic (exact) mass is 205 g/mol. The van der Waals surface area contributed by atoms with Gasteiger partial charge in [0.1, 0.15) is 6.23 Å². The number of aliphatic hydroxyl groups is 1. The van der Waals surface area contributed by atoms with Crippen molar-refractivity contribution in [2.45, 2.75) is 12.6 Å². The van der Waals surface area contributed by atoms with Crippen LogP contribution in [-0.4, -0.2) is 62.6 Å². The molecule has 0 aliphatic carbocycles. The minimum absolute atomic E-state index is 0.643. The summed E-state index contributed by atoms with van der Waals surface area (Å²) in [6, 6.07) is 0. The third-order valence-corrected chi connectivity index (χ3v) is 2.25. The van der Waals surface area contributed by atoms with E-state index in [2.05, 4.69) is 19.4 Å².